The maximum Gasteiger partial charge on any atom is 0.160 e. The van der Waals surface area contributed by atoms with Crippen molar-refractivity contribution in [3.05, 3.63) is 23.3 Å². The van der Waals surface area contributed by atoms with Crippen LogP contribution in [0, 0.1) is 0 Å². The van der Waals surface area contributed by atoms with E-state index >= 15 is 0 Å². The summed E-state index contributed by atoms with van der Waals surface area (Å²) in [4.78, 5) is 11.5. The zero-order chi connectivity index (χ0) is 14.4. The summed E-state index contributed by atoms with van der Waals surface area (Å²) in [5.41, 5.74) is 1.15. The molecule has 0 aromatic heterocycles. The third-order valence-electron chi connectivity index (χ3n) is 2.83. The van der Waals surface area contributed by atoms with E-state index in [0.29, 0.717) is 42.3 Å². The van der Waals surface area contributed by atoms with Gasteiger partial charge < -0.3 is 14.6 Å². The minimum atomic E-state index is -0.663. The highest BCUT2D eigenvalue weighted by Gasteiger charge is 2.20. The molecule has 1 rings (SSSR count). The minimum absolute atomic E-state index is 0.0561. The number of rotatable bonds is 7. The number of Topliss-reactive ketones (excluding diaryl/α,β-unsaturated/α-hetero) is 1. The van der Waals surface area contributed by atoms with Crippen LogP contribution in [-0.4, -0.2) is 24.1 Å². The number of benzene rings is 1. The van der Waals surface area contributed by atoms with E-state index in [2.05, 4.69) is 0 Å². The molecule has 1 unspecified atom stereocenters. The van der Waals surface area contributed by atoms with Crippen molar-refractivity contribution in [3.63, 3.8) is 0 Å². The predicted octanol–water partition coefficient (Wildman–Crippen LogP) is 3.13. The summed E-state index contributed by atoms with van der Waals surface area (Å²) in [5, 5.41) is 10.1. The third-order valence-corrected chi connectivity index (χ3v) is 2.83. The van der Waals surface area contributed by atoms with E-state index in [4.69, 9.17) is 9.47 Å². The van der Waals surface area contributed by atoms with Crippen LogP contribution in [0.25, 0.3) is 0 Å². The lowest BCUT2D eigenvalue weighted by molar-refractivity contribution is 0.101. The number of aliphatic hydroxyl groups excluding tert-OH is 1. The SMILES string of the molecule is CCOc1cc(C(C)=O)cc(OCC)c1C(O)CC. The lowest BCUT2D eigenvalue weighted by Crippen LogP contribution is -2.08. The van der Waals surface area contributed by atoms with Gasteiger partial charge in [-0.25, -0.2) is 0 Å². The van der Waals surface area contributed by atoms with Gasteiger partial charge in [-0.1, -0.05) is 6.92 Å². The maximum absolute atomic E-state index is 11.5. The van der Waals surface area contributed by atoms with E-state index in [9.17, 15) is 9.90 Å². The predicted molar refractivity (Wildman–Crippen MR) is 74.0 cm³/mol. The second kappa shape index (κ2) is 7.14. The zero-order valence-electron chi connectivity index (χ0n) is 12.0. The van der Waals surface area contributed by atoms with Gasteiger partial charge >= 0.3 is 0 Å². The molecule has 0 heterocycles. The zero-order valence-corrected chi connectivity index (χ0v) is 12.0. The van der Waals surface area contributed by atoms with Crippen LogP contribution >= 0.6 is 0 Å². The number of hydrogen-bond acceptors (Lipinski definition) is 4. The minimum Gasteiger partial charge on any atom is -0.493 e. The average molecular weight is 266 g/mol. The third kappa shape index (κ3) is 3.70. The summed E-state index contributed by atoms with van der Waals surface area (Å²) in [5.74, 6) is 0.987. The quantitative estimate of drug-likeness (QED) is 0.770. The van der Waals surface area contributed by atoms with E-state index in [1.807, 2.05) is 20.8 Å². The average Bonchev–Trinajstić information content (AvgIpc) is 2.38. The Bertz CT molecular complexity index is 413. The smallest absolute Gasteiger partial charge is 0.160 e. The normalized spacial score (nSPS) is 12.1. The van der Waals surface area contributed by atoms with Crippen molar-refractivity contribution in [2.75, 3.05) is 13.2 Å². The largest absolute Gasteiger partial charge is 0.493 e. The molecular weight excluding hydrogens is 244 g/mol. The van der Waals surface area contributed by atoms with Gasteiger partial charge in [0.05, 0.1) is 24.9 Å². The molecule has 0 spiro atoms. The summed E-state index contributed by atoms with van der Waals surface area (Å²) >= 11 is 0. The van der Waals surface area contributed by atoms with Gasteiger partial charge in [0.15, 0.2) is 5.78 Å². The van der Waals surface area contributed by atoms with Crippen molar-refractivity contribution in [2.24, 2.45) is 0 Å². The molecule has 1 aromatic carbocycles. The second-order valence-corrected chi connectivity index (χ2v) is 4.23. The molecule has 0 bridgehead atoms. The molecule has 0 aliphatic heterocycles. The van der Waals surface area contributed by atoms with Gasteiger partial charge in [0.25, 0.3) is 0 Å². The molecule has 0 fully saturated rings. The molecule has 0 amide bonds. The van der Waals surface area contributed by atoms with Gasteiger partial charge in [-0.05, 0) is 39.3 Å². The number of carbonyl (C=O) groups excluding carboxylic acids is 1. The Hall–Kier alpha value is -1.55. The lowest BCUT2D eigenvalue weighted by Gasteiger charge is -2.19. The summed E-state index contributed by atoms with van der Waals surface area (Å²) in [7, 11) is 0. The highest BCUT2D eigenvalue weighted by Crippen LogP contribution is 2.37. The fourth-order valence-corrected chi connectivity index (χ4v) is 1.89. The maximum atomic E-state index is 11.5. The molecule has 0 saturated carbocycles. The molecule has 1 N–H and O–H groups in total. The van der Waals surface area contributed by atoms with Crippen LogP contribution in [-0.2, 0) is 0 Å². The van der Waals surface area contributed by atoms with Crippen LogP contribution in [0.5, 0.6) is 11.5 Å². The molecule has 4 nitrogen and oxygen atoms in total. The Labute approximate surface area is 114 Å². The van der Waals surface area contributed by atoms with Crippen molar-refractivity contribution in [3.8, 4) is 11.5 Å². The number of ketones is 1. The molecule has 0 aliphatic rings. The number of hydrogen-bond donors (Lipinski definition) is 1. The van der Waals surface area contributed by atoms with Crippen molar-refractivity contribution in [1.82, 2.24) is 0 Å². The van der Waals surface area contributed by atoms with Crippen molar-refractivity contribution in [2.45, 2.75) is 40.2 Å². The fourth-order valence-electron chi connectivity index (χ4n) is 1.89. The summed E-state index contributed by atoms with van der Waals surface area (Å²) in [6, 6.07) is 3.34. The van der Waals surface area contributed by atoms with Crippen LogP contribution in [0.3, 0.4) is 0 Å². The Kier molecular flexibility index (Phi) is 5.83. The van der Waals surface area contributed by atoms with E-state index in [1.54, 1.807) is 12.1 Å². The highest BCUT2D eigenvalue weighted by atomic mass is 16.5. The molecule has 1 aromatic rings. The fraction of sp³-hybridized carbons (Fsp3) is 0.533. The van der Waals surface area contributed by atoms with Crippen LogP contribution in [0.4, 0.5) is 0 Å². The molecule has 0 aliphatic carbocycles. The Morgan fingerprint density at radius 1 is 1.16 bits per heavy atom. The lowest BCUT2D eigenvalue weighted by atomic mass is 10.0. The Morgan fingerprint density at radius 3 is 1.95 bits per heavy atom. The number of ether oxygens (including phenoxy) is 2. The molecule has 1 atom stereocenters. The summed E-state index contributed by atoms with van der Waals surface area (Å²) < 4.78 is 11.1. The Morgan fingerprint density at radius 2 is 1.63 bits per heavy atom. The van der Waals surface area contributed by atoms with Crippen LogP contribution in [0.2, 0.25) is 0 Å². The Balaban J connectivity index is 3.40. The van der Waals surface area contributed by atoms with E-state index in [-0.39, 0.29) is 5.78 Å². The molecular formula is C15H22O4. The van der Waals surface area contributed by atoms with Crippen LogP contribution in [0.1, 0.15) is 56.1 Å². The molecule has 0 radical (unpaired) electrons. The first-order valence-corrected chi connectivity index (χ1v) is 6.67. The van der Waals surface area contributed by atoms with E-state index in [1.165, 1.54) is 6.92 Å². The van der Waals surface area contributed by atoms with Gasteiger partial charge in [-0.3, -0.25) is 4.79 Å². The number of carbonyl (C=O) groups is 1. The molecule has 0 saturated heterocycles. The van der Waals surface area contributed by atoms with Gasteiger partial charge in [0.1, 0.15) is 11.5 Å². The van der Waals surface area contributed by atoms with E-state index < -0.39 is 6.10 Å². The first-order valence-electron chi connectivity index (χ1n) is 6.67. The first-order chi connectivity index (χ1) is 9.04. The van der Waals surface area contributed by atoms with Crippen LogP contribution in [0.15, 0.2) is 12.1 Å². The summed E-state index contributed by atoms with van der Waals surface area (Å²) in [6.07, 6.45) is -0.108. The molecule has 106 valence electrons. The van der Waals surface area contributed by atoms with Crippen LogP contribution < -0.4 is 9.47 Å². The van der Waals surface area contributed by atoms with Crippen molar-refractivity contribution < 1.29 is 19.4 Å². The monoisotopic (exact) mass is 266 g/mol. The van der Waals surface area contributed by atoms with Crippen molar-refractivity contribution >= 4 is 5.78 Å². The molecule has 19 heavy (non-hydrogen) atoms. The van der Waals surface area contributed by atoms with Gasteiger partial charge in [-0.2, -0.15) is 0 Å². The highest BCUT2D eigenvalue weighted by molar-refractivity contribution is 5.95. The van der Waals surface area contributed by atoms with Gasteiger partial charge in [0, 0.05) is 5.56 Å². The van der Waals surface area contributed by atoms with E-state index in [0.717, 1.165) is 0 Å². The van der Waals surface area contributed by atoms with Gasteiger partial charge in [0.2, 0.25) is 0 Å². The summed E-state index contributed by atoms with van der Waals surface area (Å²) in [6.45, 7) is 8.05. The molecule has 4 heteroatoms. The number of aliphatic hydroxyl groups is 1. The standard InChI is InChI=1S/C15H22O4/c1-5-12(17)15-13(18-6-2)8-11(10(4)16)9-14(15)19-7-3/h8-9,12,17H,5-7H2,1-4H3. The van der Waals surface area contributed by atoms with Gasteiger partial charge in [-0.15, -0.1) is 0 Å². The topological polar surface area (TPSA) is 55.8 Å². The van der Waals surface area contributed by atoms with Crippen molar-refractivity contribution in [1.29, 1.82) is 0 Å². The first kappa shape index (κ1) is 15.5. The second-order valence-electron chi connectivity index (χ2n) is 4.23.